The van der Waals surface area contributed by atoms with Gasteiger partial charge in [-0.25, -0.2) is 0 Å². The molecule has 0 bridgehead atoms. The Morgan fingerprint density at radius 2 is 2.22 bits per heavy atom. The first-order valence-corrected chi connectivity index (χ1v) is 6.57. The summed E-state index contributed by atoms with van der Waals surface area (Å²) in [6.45, 7) is 5.66. The van der Waals surface area contributed by atoms with Crippen LogP contribution in [-0.4, -0.2) is 22.0 Å². The van der Waals surface area contributed by atoms with Crippen LogP contribution in [0.4, 0.5) is 0 Å². The Labute approximate surface area is 108 Å². The van der Waals surface area contributed by atoms with Crippen molar-refractivity contribution in [1.29, 1.82) is 0 Å². The predicted molar refractivity (Wildman–Crippen MR) is 70.4 cm³/mol. The molecule has 1 heterocycles. The molecule has 1 N–H and O–H groups in total. The standard InChI is InChI=1S/C15H21NO2/c1-15(2,3)14(18)13(17)11-8-4-6-10-7-5-9-16-12(10)11/h5,7,9,11,14,18H,4,6,8H2,1-3H3. The minimum Gasteiger partial charge on any atom is -0.385 e. The number of aromatic nitrogens is 1. The predicted octanol–water partition coefficient (Wildman–Crippen LogP) is 2.48. The number of aliphatic hydroxyl groups is 1. The van der Waals surface area contributed by atoms with Crippen LogP contribution >= 0.6 is 0 Å². The maximum atomic E-state index is 12.4. The molecule has 18 heavy (non-hydrogen) atoms. The number of ketones is 1. The first-order chi connectivity index (χ1) is 8.41. The fraction of sp³-hybridized carbons (Fsp3) is 0.600. The number of hydrogen-bond donors (Lipinski definition) is 1. The quantitative estimate of drug-likeness (QED) is 0.873. The van der Waals surface area contributed by atoms with Crippen LogP contribution in [-0.2, 0) is 11.2 Å². The lowest BCUT2D eigenvalue weighted by Crippen LogP contribution is -2.38. The summed E-state index contributed by atoms with van der Waals surface area (Å²) in [6.07, 6.45) is 3.59. The molecule has 0 amide bonds. The Balaban J connectivity index is 2.28. The van der Waals surface area contributed by atoms with Crippen molar-refractivity contribution in [2.24, 2.45) is 5.41 Å². The summed E-state index contributed by atoms with van der Waals surface area (Å²) in [7, 11) is 0. The zero-order valence-corrected chi connectivity index (χ0v) is 11.3. The van der Waals surface area contributed by atoms with Gasteiger partial charge in [0.1, 0.15) is 6.10 Å². The molecule has 2 atom stereocenters. The first kappa shape index (κ1) is 13.2. The van der Waals surface area contributed by atoms with E-state index in [2.05, 4.69) is 4.98 Å². The minimum atomic E-state index is -0.921. The maximum absolute atomic E-state index is 12.4. The number of nitrogens with zero attached hydrogens (tertiary/aromatic N) is 1. The molecule has 0 saturated carbocycles. The van der Waals surface area contributed by atoms with E-state index in [1.807, 2.05) is 32.9 Å². The lowest BCUT2D eigenvalue weighted by atomic mass is 9.77. The average molecular weight is 247 g/mol. The average Bonchev–Trinajstić information content (AvgIpc) is 2.35. The minimum absolute atomic E-state index is 0.0813. The molecule has 0 radical (unpaired) electrons. The number of aliphatic hydroxyl groups excluding tert-OH is 1. The van der Waals surface area contributed by atoms with E-state index in [1.165, 1.54) is 0 Å². The van der Waals surface area contributed by atoms with Crippen LogP contribution in [0.3, 0.4) is 0 Å². The smallest absolute Gasteiger partial charge is 0.170 e. The second-order valence-corrected chi connectivity index (χ2v) is 6.16. The lowest BCUT2D eigenvalue weighted by molar-refractivity contribution is -0.134. The summed E-state index contributed by atoms with van der Waals surface area (Å²) >= 11 is 0. The van der Waals surface area contributed by atoms with Crippen molar-refractivity contribution in [2.45, 2.75) is 52.1 Å². The van der Waals surface area contributed by atoms with Gasteiger partial charge < -0.3 is 5.11 Å². The molecule has 3 heteroatoms. The Bertz CT molecular complexity index is 448. The number of aryl methyl sites for hydroxylation is 1. The van der Waals surface area contributed by atoms with Crippen molar-refractivity contribution in [3.8, 4) is 0 Å². The highest BCUT2D eigenvalue weighted by molar-refractivity contribution is 5.90. The van der Waals surface area contributed by atoms with Crippen molar-refractivity contribution in [2.75, 3.05) is 0 Å². The first-order valence-electron chi connectivity index (χ1n) is 6.57. The number of carbonyl (C=O) groups excluding carboxylic acids is 1. The number of pyridine rings is 1. The molecule has 2 rings (SSSR count). The number of Topliss-reactive ketones (excluding diaryl/α,β-unsaturated/α-hetero) is 1. The van der Waals surface area contributed by atoms with Crippen molar-refractivity contribution in [3.63, 3.8) is 0 Å². The van der Waals surface area contributed by atoms with Gasteiger partial charge >= 0.3 is 0 Å². The van der Waals surface area contributed by atoms with Crippen LogP contribution in [0.15, 0.2) is 18.3 Å². The second kappa shape index (κ2) is 4.81. The van der Waals surface area contributed by atoms with Crippen molar-refractivity contribution in [1.82, 2.24) is 4.98 Å². The number of hydrogen-bond acceptors (Lipinski definition) is 3. The van der Waals surface area contributed by atoms with Crippen molar-refractivity contribution >= 4 is 5.78 Å². The third-order valence-corrected chi connectivity index (χ3v) is 3.63. The normalized spacial score (nSPS) is 21.2. The Morgan fingerprint density at radius 1 is 1.50 bits per heavy atom. The Kier molecular flexibility index (Phi) is 3.53. The topological polar surface area (TPSA) is 50.2 Å². The maximum Gasteiger partial charge on any atom is 0.170 e. The van der Waals surface area contributed by atoms with Gasteiger partial charge in [-0.15, -0.1) is 0 Å². The molecular weight excluding hydrogens is 226 g/mol. The monoisotopic (exact) mass is 247 g/mol. The van der Waals surface area contributed by atoms with Crippen molar-refractivity contribution in [3.05, 3.63) is 29.6 Å². The van der Waals surface area contributed by atoms with Crippen LogP contribution in [0.2, 0.25) is 0 Å². The molecule has 1 aliphatic carbocycles. The molecule has 0 fully saturated rings. The van der Waals surface area contributed by atoms with E-state index in [-0.39, 0.29) is 11.7 Å². The van der Waals surface area contributed by atoms with Crippen LogP contribution < -0.4 is 0 Å². The molecule has 0 aromatic carbocycles. The summed E-state index contributed by atoms with van der Waals surface area (Å²) in [5, 5.41) is 10.2. The van der Waals surface area contributed by atoms with Gasteiger partial charge in [0.2, 0.25) is 0 Å². The SMILES string of the molecule is CC(C)(C)C(O)C(=O)C1CCCc2cccnc21. The molecule has 1 aromatic rings. The number of rotatable bonds is 2. The van der Waals surface area contributed by atoms with Gasteiger partial charge in [-0.05, 0) is 36.3 Å². The molecule has 98 valence electrons. The summed E-state index contributed by atoms with van der Waals surface area (Å²) in [4.78, 5) is 16.8. The van der Waals surface area contributed by atoms with E-state index in [0.29, 0.717) is 0 Å². The van der Waals surface area contributed by atoms with Gasteiger partial charge in [0.05, 0.1) is 11.6 Å². The number of carbonyl (C=O) groups is 1. The van der Waals surface area contributed by atoms with Crippen LogP contribution in [0.25, 0.3) is 0 Å². The summed E-state index contributed by atoms with van der Waals surface area (Å²) in [6, 6.07) is 3.94. The summed E-state index contributed by atoms with van der Waals surface area (Å²) < 4.78 is 0. The second-order valence-electron chi connectivity index (χ2n) is 6.16. The fourth-order valence-corrected chi connectivity index (χ4v) is 2.50. The molecule has 2 unspecified atom stereocenters. The van der Waals surface area contributed by atoms with Gasteiger partial charge in [0.15, 0.2) is 5.78 Å². The molecule has 0 saturated heterocycles. The van der Waals surface area contributed by atoms with Gasteiger partial charge in [-0.1, -0.05) is 26.8 Å². The zero-order chi connectivity index (χ0) is 13.3. The molecule has 0 spiro atoms. The third-order valence-electron chi connectivity index (χ3n) is 3.63. The van der Waals surface area contributed by atoms with Crippen LogP contribution in [0, 0.1) is 5.41 Å². The highest BCUT2D eigenvalue weighted by atomic mass is 16.3. The summed E-state index contributed by atoms with van der Waals surface area (Å²) in [5.41, 5.74) is 1.61. The van der Waals surface area contributed by atoms with E-state index in [1.54, 1.807) is 6.20 Å². The molecule has 1 aromatic heterocycles. The van der Waals surface area contributed by atoms with E-state index in [0.717, 1.165) is 30.5 Å². The third kappa shape index (κ3) is 2.46. The van der Waals surface area contributed by atoms with Gasteiger partial charge in [-0.2, -0.15) is 0 Å². The highest BCUT2D eigenvalue weighted by Gasteiger charge is 2.36. The fourth-order valence-electron chi connectivity index (χ4n) is 2.50. The number of fused-ring (bicyclic) bond motifs is 1. The highest BCUT2D eigenvalue weighted by Crippen LogP contribution is 2.34. The molecule has 0 aliphatic heterocycles. The van der Waals surface area contributed by atoms with E-state index >= 15 is 0 Å². The Hall–Kier alpha value is -1.22. The lowest BCUT2D eigenvalue weighted by Gasteiger charge is -2.30. The largest absolute Gasteiger partial charge is 0.385 e. The van der Waals surface area contributed by atoms with Crippen LogP contribution in [0.1, 0.15) is 50.8 Å². The van der Waals surface area contributed by atoms with Gasteiger partial charge in [0.25, 0.3) is 0 Å². The van der Waals surface area contributed by atoms with Gasteiger partial charge in [-0.3, -0.25) is 9.78 Å². The van der Waals surface area contributed by atoms with Gasteiger partial charge in [0, 0.05) is 6.20 Å². The summed E-state index contributed by atoms with van der Waals surface area (Å²) in [5.74, 6) is -0.314. The van der Waals surface area contributed by atoms with E-state index in [4.69, 9.17) is 0 Å². The Morgan fingerprint density at radius 3 is 2.89 bits per heavy atom. The van der Waals surface area contributed by atoms with Crippen molar-refractivity contribution < 1.29 is 9.90 Å². The van der Waals surface area contributed by atoms with E-state index in [9.17, 15) is 9.90 Å². The molecule has 1 aliphatic rings. The molecular formula is C15H21NO2. The molecule has 3 nitrogen and oxygen atoms in total. The zero-order valence-electron chi connectivity index (χ0n) is 11.3. The van der Waals surface area contributed by atoms with E-state index < -0.39 is 11.5 Å². The van der Waals surface area contributed by atoms with Crippen LogP contribution in [0.5, 0.6) is 0 Å².